The van der Waals surface area contributed by atoms with Crippen LogP contribution in [-0.4, -0.2) is 23.0 Å². The molecule has 2 aromatic rings. The number of nitrogens with zero attached hydrogens (tertiary/aromatic N) is 2. The molecule has 0 aliphatic carbocycles. The third kappa shape index (κ3) is 4.40. The molecule has 1 fully saturated rings. The number of likely N-dealkylation sites (tertiary alicyclic amines) is 1. The minimum atomic E-state index is 0.843. The number of benzene rings is 1. The van der Waals surface area contributed by atoms with Gasteiger partial charge in [-0.2, -0.15) is 0 Å². The fourth-order valence-electron chi connectivity index (χ4n) is 3.30. The van der Waals surface area contributed by atoms with Gasteiger partial charge in [-0.25, -0.2) is 0 Å². The van der Waals surface area contributed by atoms with E-state index in [0.29, 0.717) is 0 Å². The Morgan fingerprint density at radius 2 is 1.90 bits per heavy atom. The van der Waals surface area contributed by atoms with E-state index < -0.39 is 0 Å². The van der Waals surface area contributed by atoms with Crippen molar-refractivity contribution >= 4 is 0 Å². The molecule has 2 nitrogen and oxygen atoms in total. The van der Waals surface area contributed by atoms with Crippen molar-refractivity contribution in [2.24, 2.45) is 5.92 Å². The summed E-state index contributed by atoms with van der Waals surface area (Å²) in [5, 5.41) is 0. The highest BCUT2D eigenvalue weighted by Crippen LogP contribution is 2.22. The third-order valence-corrected chi connectivity index (χ3v) is 4.42. The summed E-state index contributed by atoms with van der Waals surface area (Å²) >= 11 is 0. The van der Waals surface area contributed by atoms with Crippen molar-refractivity contribution in [2.75, 3.05) is 13.1 Å². The first-order valence-electron chi connectivity index (χ1n) is 8.05. The Morgan fingerprint density at radius 3 is 2.71 bits per heavy atom. The molecule has 0 unspecified atom stereocenters. The van der Waals surface area contributed by atoms with E-state index in [0.717, 1.165) is 12.5 Å². The maximum absolute atomic E-state index is 4.22. The standard InChI is InChI=1S/C19H24N2/c1-2-6-17(7-3-1)10-11-18-9-5-13-21(15-18)16-19-8-4-12-20-14-19/h1-4,6-8,12,14,18H,5,9-11,13,15-16H2/t18-/m0/s1. The van der Waals surface area contributed by atoms with Crippen LogP contribution in [0.3, 0.4) is 0 Å². The van der Waals surface area contributed by atoms with Crippen LogP contribution < -0.4 is 0 Å². The van der Waals surface area contributed by atoms with E-state index in [1.54, 1.807) is 0 Å². The average Bonchev–Trinajstić information content (AvgIpc) is 2.55. The van der Waals surface area contributed by atoms with Crippen LogP contribution >= 0.6 is 0 Å². The van der Waals surface area contributed by atoms with Gasteiger partial charge >= 0.3 is 0 Å². The van der Waals surface area contributed by atoms with Gasteiger partial charge < -0.3 is 0 Å². The van der Waals surface area contributed by atoms with Gasteiger partial charge in [0.05, 0.1) is 0 Å². The first-order chi connectivity index (χ1) is 10.4. The van der Waals surface area contributed by atoms with Gasteiger partial charge in [-0.05, 0) is 55.3 Å². The Labute approximate surface area is 127 Å². The Bertz CT molecular complexity index is 524. The molecule has 0 bridgehead atoms. The lowest BCUT2D eigenvalue weighted by Gasteiger charge is -2.32. The minimum Gasteiger partial charge on any atom is -0.299 e. The van der Waals surface area contributed by atoms with Crippen LogP contribution in [0.15, 0.2) is 54.9 Å². The van der Waals surface area contributed by atoms with Gasteiger partial charge in [0, 0.05) is 25.5 Å². The second-order valence-corrected chi connectivity index (χ2v) is 6.13. The van der Waals surface area contributed by atoms with Crippen molar-refractivity contribution < 1.29 is 0 Å². The lowest BCUT2D eigenvalue weighted by atomic mass is 9.91. The molecule has 21 heavy (non-hydrogen) atoms. The fourth-order valence-corrected chi connectivity index (χ4v) is 3.30. The van der Waals surface area contributed by atoms with Crippen LogP contribution in [0.1, 0.15) is 30.4 Å². The molecular weight excluding hydrogens is 256 g/mol. The molecule has 0 radical (unpaired) electrons. The highest BCUT2D eigenvalue weighted by molar-refractivity contribution is 5.14. The Morgan fingerprint density at radius 1 is 1.05 bits per heavy atom. The molecule has 1 atom stereocenters. The first kappa shape index (κ1) is 14.3. The first-order valence-corrected chi connectivity index (χ1v) is 8.05. The van der Waals surface area contributed by atoms with E-state index in [1.807, 2.05) is 18.5 Å². The molecule has 2 heterocycles. The molecule has 2 heteroatoms. The second kappa shape index (κ2) is 7.37. The maximum atomic E-state index is 4.22. The van der Waals surface area contributed by atoms with E-state index >= 15 is 0 Å². The molecule has 1 aliphatic heterocycles. The number of rotatable bonds is 5. The van der Waals surface area contributed by atoms with E-state index in [2.05, 4.69) is 46.3 Å². The molecule has 1 aromatic carbocycles. The van der Waals surface area contributed by atoms with Gasteiger partial charge in [0.25, 0.3) is 0 Å². The Kier molecular flexibility index (Phi) is 5.01. The van der Waals surface area contributed by atoms with E-state index in [4.69, 9.17) is 0 Å². The monoisotopic (exact) mass is 280 g/mol. The largest absolute Gasteiger partial charge is 0.299 e. The predicted octanol–water partition coefficient (Wildman–Crippen LogP) is 3.93. The number of pyridine rings is 1. The predicted molar refractivity (Wildman–Crippen MR) is 87.0 cm³/mol. The van der Waals surface area contributed by atoms with Gasteiger partial charge in [0.2, 0.25) is 0 Å². The van der Waals surface area contributed by atoms with E-state index in [9.17, 15) is 0 Å². The SMILES string of the molecule is c1ccc(CC[C@@H]2CCCN(Cc3cccnc3)C2)cc1. The summed E-state index contributed by atoms with van der Waals surface area (Å²) in [5.74, 6) is 0.843. The Balaban J connectivity index is 1.49. The van der Waals surface area contributed by atoms with Crippen molar-refractivity contribution in [3.8, 4) is 0 Å². The topological polar surface area (TPSA) is 16.1 Å². The van der Waals surface area contributed by atoms with Gasteiger partial charge in [-0.3, -0.25) is 9.88 Å². The summed E-state index contributed by atoms with van der Waals surface area (Å²) in [5.41, 5.74) is 2.81. The van der Waals surface area contributed by atoms with E-state index in [-0.39, 0.29) is 0 Å². The summed E-state index contributed by atoms with van der Waals surface area (Å²) in [6.07, 6.45) is 9.09. The van der Waals surface area contributed by atoms with Crippen LogP contribution in [0, 0.1) is 5.92 Å². The zero-order valence-electron chi connectivity index (χ0n) is 12.6. The van der Waals surface area contributed by atoms with Crippen LogP contribution in [0.4, 0.5) is 0 Å². The summed E-state index contributed by atoms with van der Waals surface area (Å²) in [4.78, 5) is 6.81. The maximum Gasteiger partial charge on any atom is 0.0312 e. The quantitative estimate of drug-likeness (QED) is 0.825. The lowest BCUT2D eigenvalue weighted by molar-refractivity contribution is 0.161. The highest BCUT2D eigenvalue weighted by Gasteiger charge is 2.19. The zero-order chi connectivity index (χ0) is 14.3. The molecule has 110 valence electrons. The fraction of sp³-hybridized carbons (Fsp3) is 0.421. The summed E-state index contributed by atoms with van der Waals surface area (Å²) in [7, 11) is 0. The molecule has 1 aliphatic rings. The number of hydrogen-bond acceptors (Lipinski definition) is 2. The normalized spacial score (nSPS) is 19.5. The molecule has 0 N–H and O–H groups in total. The molecule has 1 aromatic heterocycles. The van der Waals surface area contributed by atoms with Crippen molar-refractivity contribution in [3.63, 3.8) is 0 Å². The lowest BCUT2D eigenvalue weighted by Crippen LogP contribution is -2.35. The molecule has 1 saturated heterocycles. The van der Waals surface area contributed by atoms with Crippen LogP contribution in [0.2, 0.25) is 0 Å². The number of piperidine rings is 1. The number of hydrogen-bond donors (Lipinski definition) is 0. The third-order valence-electron chi connectivity index (χ3n) is 4.42. The zero-order valence-corrected chi connectivity index (χ0v) is 12.6. The van der Waals surface area contributed by atoms with Gasteiger partial charge in [0.1, 0.15) is 0 Å². The average molecular weight is 280 g/mol. The summed E-state index contributed by atoms with van der Waals surface area (Å²) in [6.45, 7) is 3.52. The van der Waals surface area contributed by atoms with Gasteiger partial charge in [0.15, 0.2) is 0 Å². The van der Waals surface area contributed by atoms with Crippen molar-refractivity contribution in [2.45, 2.75) is 32.2 Å². The number of aryl methyl sites for hydroxylation is 1. The Hall–Kier alpha value is -1.67. The molecular formula is C19H24N2. The minimum absolute atomic E-state index is 0.843. The molecule has 0 saturated carbocycles. The van der Waals surface area contributed by atoms with Crippen LogP contribution in [0.5, 0.6) is 0 Å². The van der Waals surface area contributed by atoms with Gasteiger partial charge in [-0.1, -0.05) is 36.4 Å². The van der Waals surface area contributed by atoms with Crippen molar-refractivity contribution in [3.05, 3.63) is 66.0 Å². The van der Waals surface area contributed by atoms with Crippen LogP contribution in [0.25, 0.3) is 0 Å². The highest BCUT2D eigenvalue weighted by atomic mass is 15.1. The van der Waals surface area contributed by atoms with E-state index in [1.165, 1.54) is 49.9 Å². The van der Waals surface area contributed by atoms with Gasteiger partial charge in [-0.15, -0.1) is 0 Å². The summed E-state index contributed by atoms with van der Waals surface area (Å²) in [6, 6.07) is 15.1. The smallest absolute Gasteiger partial charge is 0.0312 e. The van der Waals surface area contributed by atoms with Crippen molar-refractivity contribution in [1.82, 2.24) is 9.88 Å². The molecule has 0 spiro atoms. The molecule has 3 rings (SSSR count). The molecule has 0 amide bonds. The summed E-state index contributed by atoms with van der Waals surface area (Å²) < 4.78 is 0. The number of aromatic nitrogens is 1. The second-order valence-electron chi connectivity index (χ2n) is 6.13. The van der Waals surface area contributed by atoms with Crippen molar-refractivity contribution in [1.29, 1.82) is 0 Å². The van der Waals surface area contributed by atoms with Crippen LogP contribution in [-0.2, 0) is 13.0 Å².